The van der Waals surface area contributed by atoms with Gasteiger partial charge in [0.15, 0.2) is 0 Å². The summed E-state index contributed by atoms with van der Waals surface area (Å²) in [6.45, 7) is 3.65. The fourth-order valence-electron chi connectivity index (χ4n) is 1.66. The molecule has 0 unspecified atom stereocenters. The van der Waals surface area contributed by atoms with E-state index in [1.807, 2.05) is 6.92 Å². The van der Waals surface area contributed by atoms with Crippen LogP contribution in [-0.4, -0.2) is 32.8 Å². The smallest absolute Gasteiger partial charge is 0.205 e. The third-order valence-corrected chi connectivity index (χ3v) is 2.69. The van der Waals surface area contributed by atoms with Gasteiger partial charge in [0.1, 0.15) is 5.82 Å². The van der Waals surface area contributed by atoms with Crippen molar-refractivity contribution in [3.8, 4) is 0 Å². The van der Waals surface area contributed by atoms with Crippen LogP contribution in [0.5, 0.6) is 0 Å². The lowest BCUT2D eigenvalue weighted by atomic mass is 10.1. The van der Waals surface area contributed by atoms with Crippen LogP contribution < -0.4 is 16.6 Å². The van der Waals surface area contributed by atoms with E-state index >= 15 is 0 Å². The molecule has 0 saturated carbocycles. The molecule has 0 aliphatic heterocycles. The maximum absolute atomic E-state index is 13.0. The van der Waals surface area contributed by atoms with Crippen molar-refractivity contribution < 1.29 is 9.13 Å². The van der Waals surface area contributed by atoms with Crippen molar-refractivity contribution in [1.29, 1.82) is 0 Å². The summed E-state index contributed by atoms with van der Waals surface area (Å²) in [7, 11) is 1.62. The number of aryl methyl sites for hydroxylation is 1. The number of guanidine groups is 1. The first-order chi connectivity index (χ1) is 9.17. The molecule has 0 aromatic heterocycles. The molecule has 0 amide bonds. The molecule has 1 rings (SSSR count). The van der Waals surface area contributed by atoms with E-state index in [-0.39, 0.29) is 5.82 Å². The molecule has 6 heteroatoms. The zero-order valence-electron chi connectivity index (χ0n) is 11.4. The SMILES string of the molecule is COCCN=C(NN)NCCc1ccc(F)cc1C. The normalized spacial score (nSPS) is 11.5. The van der Waals surface area contributed by atoms with E-state index in [0.717, 1.165) is 17.5 Å². The van der Waals surface area contributed by atoms with Crippen LogP contribution in [0, 0.1) is 12.7 Å². The zero-order chi connectivity index (χ0) is 14.1. The Morgan fingerprint density at radius 3 is 2.89 bits per heavy atom. The van der Waals surface area contributed by atoms with Crippen molar-refractivity contribution in [2.75, 3.05) is 26.8 Å². The van der Waals surface area contributed by atoms with E-state index in [1.54, 1.807) is 13.2 Å². The Hall–Kier alpha value is -1.66. The molecule has 0 radical (unpaired) electrons. The highest BCUT2D eigenvalue weighted by atomic mass is 19.1. The number of ether oxygens (including phenoxy) is 1. The molecule has 0 atom stereocenters. The van der Waals surface area contributed by atoms with Crippen molar-refractivity contribution in [1.82, 2.24) is 10.7 Å². The predicted molar refractivity (Wildman–Crippen MR) is 74.3 cm³/mol. The molecule has 0 aliphatic rings. The van der Waals surface area contributed by atoms with Crippen LogP contribution in [0.3, 0.4) is 0 Å². The lowest BCUT2D eigenvalue weighted by molar-refractivity contribution is 0.208. The van der Waals surface area contributed by atoms with Gasteiger partial charge in [-0.05, 0) is 36.6 Å². The molecular weight excluding hydrogens is 247 g/mol. The van der Waals surface area contributed by atoms with E-state index in [1.165, 1.54) is 12.1 Å². The fraction of sp³-hybridized carbons (Fsp3) is 0.462. The number of hydrazine groups is 1. The molecule has 0 heterocycles. The fourth-order valence-corrected chi connectivity index (χ4v) is 1.66. The molecule has 106 valence electrons. The minimum atomic E-state index is -0.209. The number of hydrogen-bond acceptors (Lipinski definition) is 3. The first-order valence-electron chi connectivity index (χ1n) is 6.16. The van der Waals surface area contributed by atoms with E-state index in [0.29, 0.717) is 25.7 Å². The van der Waals surface area contributed by atoms with Crippen molar-refractivity contribution >= 4 is 5.96 Å². The van der Waals surface area contributed by atoms with Gasteiger partial charge in [-0.15, -0.1) is 0 Å². The van der Waals surface area contributed by atoms with Crippen molar-refractivity contribution in [2.24, 2.45) is 10.8 Å². The largest absolute Gasteiger partial charge is 0.383 e. The van der Waals surface area contributed by atoms with Crippen LogP contribution >= 0.6 is 0 Å². The number of aliphatic imine (C=N–C) groups is 1. The van der Waals surface area contributed by atoms with Gasteiger partial charge in [0.05, 0.1) is 13.2 Å². The summed E-state index contributed by atoms with van der Waals surface area (Å²) < 4.78 is 17.9. The molecule has 1 aromatic rings. The van der Waals surface area contributed by atoms with Gasteiger partial charge in [-0.2, -0.15) is 0 Å². The summed E-state index contributed by atoms with van der Waals surface area (Å²) in [5.74, 6) is 5.67. The number of nitrogens with two attached hydrogens (primary N) is 1. The van der Waals surface area contributed by atoms with E-state index in [4.69, 9.17) is 10.6 Å². The summed E-state index contributed by atoms with van der Waals surface area (Å²) in [6.07, 6.45) is 0.775. The zero-order valence-corrected chi connectivity index (χ0v) is 11.4. The maximum atomic E-state index is 13.0. The number of halogens is 1. The standard InChI is InChI=1S/C13H21FN4O/c1-10-9-12(14)4-3-11(10)5-6-16-13(18-15)17-7-8-19-2/h3-4,9H,5-8,15H2,1-2H3,(H2,16,17,18). The number of rotatable bonds is 6. The van der Waals surface area contributed by atoms with E-state index in [2.05, 4.69) is 15.7 Å². The number of methoxy groups -OCH3 is 1. The van der Waals surface area contributed by atoms with Gasteiger partial charge in [0.25, 0.3) is 0 Å². The van der Waals surface area contributed by atoms with Crippen LogP contribution in [0.2, 0.25) is 0 Å². The van der Waals surface area contributed by atoms with Gasteiger partial charge in [-0.1, -0.05) is 6.07 Å². The Morgan fingerprint density at radius 2 is 2.26 bits per heavy atom. The van der Waals surface area contributed by atoms with Gasteiger partial charge in [-0.3, -0.25) is 5.43 Å². The third-order valence-electron chi connectivity index (χ3n) is 2.69. The average molecular weight is 268 g/mol. The molecule has 0 spiro atoms. The minimum absolute atomic E-state index is 0.209. The minimum Gasteiger partial charge on any atom is -0.383 e. The average Bonchev–Trinajstić information content (AvgIpc) is 2.39. The Morgan fingerprint density at radius 1 is 1.47 bits per heavy atom. The molecule has 5 nitrogen and oxygen atoms in total. The van der Waals surface area contributed by atoms with Crippen LogP contribution in [0.15, 0.2) is 23.2 Å². The van der Waals surface area contributed by atoms with E-state index in [9.17, 15) is 4.39 Å². The van der Waals surface area contributed by atoms with Crippen LogP contribution in [-0.2, 0) is 11.2 Å². The van der Waals surface area contributed by atoms with Crippen LogP contribution in [0.1, 0.15) is 11.1 Å². The van der Waals surface area contributed by atoms with Gasteiger partial charge in [0.2, 0.25) is 5.96 Å². The highest BCUT2D eigenvalue weighted by molar-refractivity contribution is 5.79. The molecular formula is C13H21FN4O. The number of hydrogen-bond donors (Lipinski definition) is 3. The van der Waals surface area contributed by atoms with Crippen molar-refractivity contribution in [3.63, 3.8) is 0 Å². The Balaban J connectivity index is 2.41. The molecule has 0 bridgehead atoms. The van der Waals surface area contributed by atoms with Gasteiger partial charge >= 0.3 is 0 Å². The lowest BCUT2D eigenvalue weighted by Gasteiger charge is -2.10. The summed E-state index contributed by atoms with van der Waals surface area (Å²) >= 11 is 0. The second-order valence-electron chi connectivity index (χ2n) is 4.12. The number of nitrogens with one attached hydrogen (secondary N) is 2. The molecule has 4 N–H and O–H groups in total. The second kappa shape index (κ2) is 8.44. The van der Waals surface area contributed by atoms with Gasteiger partial charge in [-0.25, -0.2) is 15.2 Å². The van der Waals surface area contributed by atoms with Crippen LogP contribution in [0.4, 0.5) is 4.39 Å². The predicted octanol–water partition coefficient (Wildman–Crippen LogP) is 0.732. The quantitative estimate of drug-likeness (QED) is 0.234. The maximum Gasteiger partial charge on any atom is 0.205 e. The first kappa shape index (κ1) is 15.4. The van der Waals surface area contributed by atoms with E-state index < -0.39 is 0 Å². The monoisotopic (exact) mass is 268 g/mol. The molecule has 0 aliphatic carbocycles. The highest BCUT2D eigenvalue weighted by Gasteiger charge is 2.01. The Bertz CT molecular complexity index is 423. The van der Waals surface area contributed by atoms with Crippen molar-refractivity contribution in [3.05, 3.63) is 35.1 Å². The second-order valence-corrected chi connectivity index (χ2v) is 4.12. The summed E-state index contributed by atoms with van der Waals surface area (Å²) in [5.41, 5.74) is 4.54. The summed E-state index contributed by atoms with van der Waals surface area (Å²) in [4.78, 5) is 4.18. The number of benzene rings is 1. The topological polar surface area (TPSA) is 71.7 Å². The molecule has 0 fully saturated rings. The van der Waals surface area contributed by atoms with Gasteiger partial charge < -0.3 is 10.1 Å². The Kier molecular flexibility index (Phi) is 6.84. The number of nitrogens with zero attached hydrogens (tertiary/aromatic N) is 1. The molecule has 0 saturated heterocycles. The highest BCUT2D eigenvalue weighted by Crippen LogP contribution is 2.10. The van der Waals surface area contributed by atoms with Crippen molar-refractivity contribution in [2.45, 2.75) is 13.3 Å². The summed E-state index contributed by atoms with van der Waals surface area (Å²) in [6, 6.07) is 4.80. The first-order valence-corrected chi connectivity index (χ1v) is 6.16. The van der Waals surface area contributed by atoms with Crippen LogP contribution in [0.25, 0.3) is 0 Å². The van der Waals surface area contributed by atoms with Gasteiger partial charge in [0, 0.05) is 13.7 Å². The molecule has 19 heavy (non-hydrogen) atoms. The summed E-state index contributed by atoms with van der Waals surface area (Å²) in [5, 5.41) is 3.08. The molecule has 1 aromatic carbocycles. The Labute approximate surface area is 113 Å². The third kappa shape index (κ3) is 5.67. The lowest BCUT2D eigenvalue weighted by Crippen LogP contribution is -2.42.